The van der Waals surface area contributed by atoms with Crippen LogP contribution in [0.3, 0.4) is 0 Å². The first-order chi connectivity index (χ1) is 14.9. The fourth-order valence-corrected chi connectivity index (χ4v) is 8.95. The summed E-state index contributed by atoms with van der Waals surface area (Å²) in [5, 5.41) is 0. The van der Waals surface area contributed by atoms with Gasteiger partial charge in [-0.05, 0) is 54.4 Å². The lowest BCUT2D eigenvalue weighted by molar-refractivity contribution is 0.0697. The van der Waals surface area contributed by atoms with Crippen LogP contribution in [0.25, 0.3) is 0 Å². The summed E-state index contributed by atoms with van der Waals surface area (Å²) in [7, 11) is -4.80. The minimum absolute atomic E-state index is 0.0420. The van der Waals surface area contributed by atoms with Gasteiger partial charge in [0, 0.05) is 64.8 Å². The summed E-state index contributed by atoms with van der Waals surface area (Å²) in [5.74, 6) is 0. The fourth-order valence-electron chi connectivity index (χ4n) is 3.45. The summed E-state index contributed by atoms with van der Waals surface area (Å²) in [5.41, 5.74) is 0. The normalized spacial score (nSPS) is 12.3. The number of urea groups is 1. The molecule has 0 heterocycles. The zero-order chi connectivity index (χ0) is 23.6. The molecule has 12 heteroatoms. The van der Waals surface area contributed by atoms with Crippen LogP contribution in [0.1, 0.15) is 54.4 Å². The molecule has 1 N–H and O–H groups in total. The van der Waals surface area contributed by atoms with Crippen molar-refractivity contribution in [3.8, 4) is 0 Å². The standard InChI is InChI=1S/C19H46N2O7Si3/c1-7-23-30(24-8-2,25-9-3)17-13-15-21(19(22)20-29)16-14-18-31(26-10-4,27-11-5)28-12-6/h7-18H2,1-6,29H3,(H,20,22). The SMILES string of the molecule is CCO[Si](CCCN(CCC[Si](OCC)(OCC)OCC)C(=O)N[SiH3])(OCC)OCC. The Morgan fingerprint density at radius 3 is 1.19 bits per heavy atom. The molecule has 0 bridgehead atoms. The first kappa shape index (κ1) is 30.7. The molecule has 0 rings (SSSR count). The summed E-state index contributed by atoms with van der Waals surface area (Å²) in [6.45, 7) is 16.2. The maximum absolute atomic E-state index is 12.5. The van der Waals surface area contributed by atoms with Crippen LogP contribution in [0.2, 0.25) is 12.1 Å². The van der Waals surface area contributed by atoms with E-state index in [-0.39, 0.29) is 6.03 Å². The Morgan fingerprint density at radius 1 is 0.677 bits per heavy atom. The highest BCUT2D eigenvalue weighted by Crippen LogP contribution is 2.20. The molecular weight excluding hydrogens is 452 g/mol. The van der Waals surface area contributed by atoms with Crippen molar-refractivity contribution in [2.24, 2.45) is 0 Å². The minimum Gasteiger partial charge on any atom is -0.374 e. The summed E-state index contributed by atoms with van der Waals surface area (Å²) < 4.78 is 35.5. The van der Waals surface area contributed by atoms with Crippen LogP contribution in [0.4, 0.5) is 4.79 Å². The third-order valence-electron chi connectivity index (χ3n) is 4.51. The molecule has 0 aromatic heterocycles. The summed E-state index contributed by atoms with van der Waals surface area (Å²) in [6.07, 6.45) is 1.51. The first-order valence-corrected chi connectivity index (χ1v) is 16.6. The molecule has 0 atom stereocenters. The second-order valence-electron chi connectivity index (χ2n) is 6.71. The number of carbonyl (C=O) groups is 1. The van der Waals surface area contributed by atoms with E-state index in [1.54, 1.807) is 0 Å². The van der Waals surface area contributed by atoms with Gasteiger partial charge in [0.25, 0.3) is 0 Å². The van der Waals surface area contributed by atoms with Gasteiger partial charge in [0.15, 0.2) is 0 Å². The summed E-state index contributed by atoms with van der Waals surface area (Å²) in [4.78, 5) is 17.2. The average Bonchev–Trinajstić information content (AvgIpc) is 2.73. The van der Waals surface area contributed by atoms with Gasteiger partial charge in [-0.1, -0.05) is 0 Å². The van der Waals surface area contributed by atoms with Crippen LogP contribution < -0.4 is 4.98 Å². The van der Waals surface area contributed by atoms with Crippen LogP contribution in [0, 0.1) is 0 Å². The molecule has 9 nitrogen and oxygen atoms in total. The molecule has 0 aromatic carbocycles. The second kappa shape index (κ2) is 18.1. The van der Waals surface area contributed by atoms with Crippen LogP contribution in [-0.4, -0.2) is 91.7 Å². The highest BCUT2D eigenvalue weighted by atomic mass is 28.4. The van der Waals surface area contributed by atoms with Crippen molar-refractivity contribution in [1.82, 2.24) is 9.88 Å². The third kappa shape index (κ3) is 11.9. The Labute approximate surface area is 194 Å². The molecule has 0 saturated carbocycles. The molecule has 31 heavy (non-hydrogen) atoms. The molecule has 0 saturated heterocycles. The Morgan fingerprint density at radius 2 is 0.968 bits per heavy atom. The zero-order valence-electron chi connectivity index (χ0n) is 20.8. The van der Waals surface area contributed by atoms with E-state index in [2.05, 4.69) is 4.98 Å². The third-order valence-corrected chi connectivity index (χ3v) is 11.2. The monoisotopic (exact) mass is 498 g/mol. The van der Waals surface area contributed by atoms with E-state index in [9.17, 15) is 4.79 Å². The van der Waals surface area contributed by atoms with Gasteiger partial charge in [-0.15, -0.1) is 0 Å². The fraction of sp³-hybridized carbons (Fsp3) is 0.947. The summed E-state index contributed by atoms with van der Waals surface area (Å²) in [6, 6.07) is 1.33. The molecule has 0 aliphatic heterocycles. The number of rotatable bonds is 20. The number of carbonyl (C=O) groups excluding carboxylic acids is 1. The van der Waals surface area contributed by atoms with Crippen LogP contribution in [0.5, 0.6) is 0 Å². The first-order valence-electron chi connectivity index (χ1n) is 11.7. The van der Waals surface area contributed by atoms with Gasteiger partial charge in [0.2, 0.25) is 0 Å². The van der Waals surface area contributed by atoms with Crippen LogP contribution in [0.15, 0.2) is 0 Å². The number of hydrogen-bond donors (Lipinski definition) is 1. The van der Waals surface area contributed by atoms with Crippen molar-refractivity contribution in [2.75, 3.05) is 52.7 Å². The highest BCUT2D eigenvalue weighted by molar-refractivity contribution is 6.61. The van der Waals surface area contributed by atoms with E-state index in [1.807, 2.05) is 46.4 Å². The van der Waals surface area contributed by atoms with Crippen LogP contribution in [-0.2, 0) is 26.6 Å². The van der Waals surface area contributed by atoms with E-state index in [0.29, 0.717) is 75.2 Å². The Bertz CT molecular complexity index is 398. The Kier molecular flexibility index (Phi) is 18.0. The molecule has 0 aliphatic carbocycles. The van der Waals surface area contributed by atoms with E-state index < -0.39 is 17.6 Å². The topological polar surface area (TPSA) is 87.7 Å². The predicted molar refractivity (Wildman–Crippen MR) is 130 cm³/mol. The Balaban J connectivity index is 4.98. The van der Waals surface area contributed by atoms with Crippen molar-refractivity contribution < 1.29 is 31.4 Å². The smallest absolute Gasteiger partial charge is 0.374 e. The number of nitrogens with zero attached hydrogens (tertiary/aromatic N) is 1. The molecule has 2 amide bonds. The molecule has 0 radical (unpaired) electrons. The van der Waals surface area contributed by atoms with Crippen molar-refractivity contribution in [2.45, 2.75) is 66.5 Å². The van der Waals surface area contributed by atoms with E-state index in [0.717, 1.165) is 12.8 Å². The molecule has 0 unspecified atom stereocenters. The molecule has 0 spiro atoms. The number of hydrogen-bond acceptors (Lipinski definition) is 7. The van der Waals surface area contributed by atoms with Gasteiger partial charge in [-0.3, -0.25) is 0 Å². The second-order valence-corrected chi connectivity index (χ2v) is 12.7. The average molecular weight is 499 g/mol. The van der Waals surface area contributed by atoms with Gasteiger partial charge in [-0.25, -0.2) is 4.79 Å². The van der Waals surface area contributed by atoms with Gasteiger partial charge < -0.3 is 36.4 Å². The van der Waals surface area contributed by atoms with E-state index >= 15 is 0 Å². The van der Waals surface area contributed by atoms with Gasteiger partial charge in [0.05, 0.1) is 0 Å². The maximum atomic E-state index is 12.5. The molecule has 186 valence electrons. The van der Waals surface area contributed by atoms with Crippen molar-refractivity contribution in [3.05, 3.63) is 0 Å². The lowest BCUT2D eigenvalue weighted by atomic mass is 10.4. The largest absolute Gasteiger partial charge is 0.500 e. The van der Waals surface area contributed by atoms with E-state index in [1.165, 1.54) is 0 Å². The zero-order valence-corrected chi connectivity index (χ0v) is 24.8. The minimum atomic E-state index is -2.70. The lowest BCUT2D eigenvalue weighted by Gasteiger charge is -2.31. The lowest BCUT2D eigenvalue weighted by Crippen LogP contribution is -2.48. The van der Waals surface area contributed by atoms with Gasteiger partial charge in [0.1, 0.15) is 10.4 Å². The Hall–Kier alpha value is -0.319. The maximum Gasteiger partial charge on any atom is 0.500 e. The molecule has 0 fully saturated rings. The number of amides is 2. The van der Waals surface area contributed by atoms with Crippen molar-refractivity contribution >= 4 is 34.0 Å². The molecular formula is C19H46N2O7Si3. The summed E-state index contributed by atoms with van der Waals surface area (Å²) >= 11 is 0. The van der Waals surface area contributed by atoms with Crippen LogP contribution >= 0.6 is 0 Å². The highest BCUT2D eigenvalue weighted by Gasteiger charge is 2.41. The quantitative estimate of drug-likeness (QED) is 0.257. The van der Waals surface area contributed by atoms with E-state index in [4.69, 9.17) is 26.6 Å². The van der Waals surface area contributed by atoms with Gasteiger partial charge in [-0.2, -0.15) is 0 Å². The van der Waals surface area contributed by atoms with Crippen molar-refractivity contribution in [3.63, 3.8) is 0 Å². The van der Waals surface area contributed by atoms with Gasteiger partial charge >= 0.3 is 23.6 Å². The number of nitrogens with one attached hydrogen (secondary N) is 1. The molecule has 0 aliphatic rings. The molecule has 0 aromatic rings. The predicted octanol–water partition coefficient (Wildman–Crippen LogP) is 2.16. The van der Waals surface area contributed by atoms with Crippen molar-refractivity contribution in [1.29, 1.82) is 0 Å².